The maximum atomic E-state index is 12.7. The summed E-state index contributed by atoms with van der Waals surface area (Å²) in [7, 11) is -1.93. The number of benzene rings is 1. The number of rotatable bonds is 9. The highest BCUT2D eigenvalue weighted by molar-refractivity contribution is 7.84. The topological polar surface area (TPSA) is 86.3 Å². The third kappa shape index (κ3) is 6.46. The number of H-pyrrole nitrogens is 1. The molecule has 1 unspecified atom stereocenters. The monoisotopic (exact) mass is 501 g/mol. The normalized spacial score (nSPS) is 13.0. The summed E-state index contributed by atoms with van der Waals surface area (Å²) < 4.78 is 113. The minimum absolute atomic E-state index is 0.0254. The van der Waals surface area contributed by atoms with Gasteiger partial charge in [-0.05, 0) is 13.0 Å². The summed E-state index contributed by atoms with van der Waals surface area (Å²) >= 11 is 0. The van der Waals surface area contributed by atoms with Crippen LogP contribution in [0.5, 0.6) is 17.2 Å². The lowest BCUT2D eigenvalue weighted by atomic mass is 10.2. The van der Waals surface area contributed by atoms with Crippen LogP contribution in [0.3, 0.4) is 0 Å². The van der Waals surface area contributed by atoms with Crippen molar-refractivity contribution in [2.24, 2.45) is 0 Å². The molecule has 3 aromatic rings. The van der Waals surface area contributed by atoms with E-state index in [0.717, 1.165) is 12.1 Å². The zero-order valence-electron chi connectivity index (χ0n) is 16.5. The SMILES string of the molecule is Cc1c(OCC(F)(F)F)ccnc1CS(=O)c1nc2cc(OC(F)F)c(OC(F)F)cc2[nH]1. The summed E-state index contributed by atoms with van der Waals surface area (Å²) in [6.45, 7) is -6.72. The van der Waals surface area contributed by atoms with E-state index in [0.29, 0.717) is 0 Å². The van der Waals surface area contributed by atoms with Crippen molar-refractivity contribution in [3.63, 3.8) is 0 Å². The Labute approximate surface area is 183 Å². The number of pyridine rings is 1. The predicted octanol–water partition coefficient (Wildman–Crippen LogP) is 4.72. The van der Waals surface area contributed by atoms with E-state index in [1.54, 1.807) is 0 Å². The summed E-state index contributed by atoms with van der Waals surface area (Å²) in [6.07, 6.45) is -3.36. The van der Waals surface area contributed by atoms with Crippen LogP contribution in [0.4, 0.5) is 30.7 Å². The summed E-state index contributed by atoms with van der Waals surface area (Å²) in [5.41, 5.74) is 0.411. The van der Waals surface area contributed by atoms with Gasteiger partial charge in [-0.2, -0.15) is 30.7 Å². The Balaban J connectivity index is 1.85. The van der Waals surface area contributed by atoms with Gasteiger partial charge in [-0.25, -0.2) is 4.98 Å². The summed E-state index contributed by atoms with van der Waals surface area (Å²) in [6, 6.07) is 3.07. The molecule has 0 radical (unpaired) electrons. The van der Waals surface area contributed by atoms with Crippen LogP contribution in [0.25, 0.3) is 11.0 Å². The highest BCUT2D eigenvalue weighted by atomic mass is 32.2. The molecule has 0 saturated carbocycles. The molecule has 0 saturated heterocycles. The first kappa shape index (κ1) is 24.5. The third-order valence-corrected chi connectivity index (χ3v) is 5.25. The van der Waals surface area contributed by atoms with Gasteiger partial charge in [-0.1, -0.05) is 0 Å². The van der Waals surface area contributed by atoms with Gasteiger partial charge in [0.15, 0.2) is 23.3 Å². The fourth-order valence-electron chi connectivity index (χ4n) is 2.69. The van der Waals surface area contributed by atoms with Crippen LogP contribution < -0.4 is 14.2 Å². The molecular weight excluding hydrogens is 487 g/mol. The van der Waals surface area contributed by atoms with Gasteiger partial charge in [0.1, 0.15) is 5.75 Å². The number of fused-ring (bicyclic) bond motifs is 1. The average molecular weight is 501 g/mol. The van der Waals surface area contributed by atoms with E-state index in [-0.39, 0.29) is 38.9 Å². The van der Waals surface area contributed by atoms with E-state index in [1.165, 1.54) is 19.2 Å². The van der Waals surface area contributed by atoms with Gasteiger partial charge in [-0.15, -0.1) is 0 Å². The van der Waals surface area contributed by atoms with E-state index in [4.69, 9.17) is 4.74 Å². The molecule has 7 nitrogen and oxygen atoms in total. The fraction of sp³-hybridized carbons (Fsp3) is 0.333. The van der Waals surface area contributed by atoms with Gasteiger partial charge in [0.05, 0.1) is 33.3 Å². The first-order valence-corrected chi connectivity index (χ1v) is 10.2. The van der Waals surface area contributed by atoms with Gasteiger partial charge in [0.25, 0.3) is 0 Å². The van der Waals surface area contributed by atoms with Crippen LogP contribution in [-0.2, 0) is 16.6 Å². The Morgan fingerprint density at radius 2 is 1.70 bits per heavy atom. The summed E-state index contributed by atoms with van der Waals surface area (Å²) in [5.74, 6) is -1.77. The number of nitrogens with one attached hydrogen (secondary N) is 1. The van der Waals surface area contributed by atoms with Crippen molar-refractivity contribution >= 4 is 21.8 Å². The zero-order chi connectivity index (χ0) is 24.3. The van der Waals surface area contributed by atoms with Crippen LogP contribution in [0.15, 0.2) is 29.6 Å². The highest BCUT2D eigenvalue weighted by Gasteiger charge is 2.29. The third-order valence-electron chi connectivity index (χ3n) is 4.09. The highest BCUT2D eigenvalue weighted by Crippen LogP contribution is 2.34. The number of nitrogens with zero attached hydrogens (tertiary/aromatic N) is 2. The Bertz CT molecular complexity index is 1110. The number of aromatic nitrogens is 3. The second kappa shape index (κ2) is 9.80. The number of ether oxygens (including phenoxy) is 3. The van der Waals surface area contributed by atoms with E-state index < -0.39 is 48.3 Å². The molecule has 1 N–H and O–H groups in total. The van der Waals surface area contributed by atoms with Crippen LogP contribution in [0.1, 0.15) is 11.3 Å². The fourth-order valence-corrected chi connectivity index (χ4v) is 3.79. The van der Waals surface area contributed by atoms with Crippen LogP contribution in [-0.4, -0.2) is 45.2 Å². The number of hydrogen-bond acceptors (Lipinski definition) is 6. The van der Waals surface area contributed by atoms with Crippen LogP contribution in [0, 0.1) is 6.92 Å². The predicted molar refractivity (Wildman–Crippen MR) is 100.0 cm³/mol. The van der Waals surface area contributed by atoms with Crippen molar-refractivity contribution in [2.45, 2.75) is 37.2 Å². The maximum absolute atomic E-state index is 12.7. The average Bonchev–Trinajstić information content (AvgIpc) is 3.10. The molecule has 0 aliphatic heterocycles. The van der Waals surface area contributed by atoms with E-state index in [9.17, 15) is 34.9 Å². The van der Waals surface area contributed by atoms with Gasteiger partial charge in [-0.3, -0.25) is 9.19 Å². The van der Waals surface area contributed by atoms with Crippen molar-refractivity contribution < 1.29 is 49.2 Å². The molecule has 1 aromatic carbocycles. The summed E-state index contributed by atoms with van der Waals surface area (Å²) in [4.78, 5) is 10.6. The number of aromatic amines is 1. The molecule has 15 heteroatoms. The minimum atomic E-state index is -4.55. The molecule has 0 bridgehead atoms. The minimum Gasteiger partial charge on any atom is -0.484 e. The van der Waals surface area contributed by atoms with Gasteiger partial charge in [0, 0.05) is 23.9 Å². The molecule has 2 heterocycles. The molecule has 33 heavy (non-hydrogen) atoms. The molecule has 1 atom stereocenters. The molecule has 0 aliphatic carbocycles. The number of hydrogen-bond donors (Lipinski definition) is 1. The summed E-state index contributed by atoms with van der Waals surface area (Å²) in [5, 5.41) is -0.162. The Hall–Kier alpha value is -3.10. The van der Waals surface area contributed by atoms with E-state index in [1.807, 2.05) is 0 Å². The molecule has 0 amide bonds. The number of imidazole rings is 1. The van der Waals surface area contributed by atoms with Gasteiger partial charge in [0.2, 0.25) is 0 Å². The van der Waals surface area contributed by atoms with E-state index >= 15 is 0 Å². The molecule has 3 rings (SSSR count). The standard InChI is InChI=1S/C18H14F7N3O4S/c1-8-11(26-3-2-12(8)30-7-18(23,24)25)6-33(29)17-27-9-4-13(31-15(19)20)14(32-16(21)22)5-10(9)28-17/h2-5,15-16H,6-7H2,1H3,(H,27,28). The molecule has 0 aliphatic rings. The van der Waals surface area contributed by atoms with Crippen molar-refractivity contribution in [2.75, 3.05) is 6.61 Å². The van der Waals surface area contributed by atoms with Crippen molar-refractivity contribution in [3.05, 3.63) is 35.7 Å². The second-order valence-corrected chi connectivity index (χ2v) is 7.76. The Morgan fingerprint density at radius 1 is 1.06 bits per heavy atom. The Morgan fingerprint density at radius 3 is 2.30 bits per heavy atom. The quantitative estimate of drug-likeness (QED) is 0.427. The second-order valence-electron chi connectivity index (χ2n) is 6.39. The van der Waals surface area contributed by atoms with Crippen LogP contribution in [0.2, 0.25) is 0 Å². The molecule has 180 valence electrons. The van der Waals surface area contributed by atoms with Crippen LogP contribution >= 0.6 is 0 Å². The van der Waals surface area contributed by atoms with Crippen molar-refractivity contribution in [3.8, 4) is 17.2 Å². The lowest BCUT2D eigenvalue weighted by Crippen LogP contribution is -2.19. The first-order chi connectivity index (χ1) is 15.4. The molecular formula is C18H14F7N3O4S. The number of alkyl halides is 7. The van der Waals surface area contributed by atoms with Crippen molar-refractivity contribution in [1.82, 2.24) is 15.0 Å². The lowest BCUT2D eigenvalue weighted by molar-refractivity contribution is -0.153. The smallest absolute Gasteiger partial charge is 0.422 e. The van der Waals surface area contributed by atoms with E-state index in [2.05, 4.69) is 24.4 Å². The number of halogens is 7. The zero-order valence-corrected chi connectivity index (χ0v) is 17.3. The lowest BCUT2D eigenvalue weighted by Gasteiger charge is -2.13. The van der Waals surface area contributed by atoms with Crippen molar-refractivity contribution in [1.29, 1.82) is 0 Å². The molecule has 0 fully saturated rings. The molecule has 0 spiro atoms. The van der Waals surface area contributed by atoms with Gasteiger partial charge >= 0.3 is 19.4 Å². The van der Waals surface area contributed by atoms with Gasteiger partial charge < -0.3 is 19.2 Å². The first-order valence-electron chi connectivity index (χ1n) is 8.88. The Kier molecular flexibility index (Phi) is 7.29. The maximum Gasteiger partial charge on any atom is 0.422 e. The molecule has 2 aromatic heterocycles. The largest absolute Gasteiger partial charge is 0.484 e.